The minimum absolute atomic E-state index is 0.0696. The van der Waals surface area contributed by atoms with Crippen molar-refractivity contribution < 1.29 is 14.1 Å². The summed E-state index contributed by atoms with van der Waals surface area (Å²) < 4.78 is 7.73. The number of ether oxygens (including phenoxy) is 1. The second-order valence-corrected chi connectivity index (χ2v) is 6.52. The van der Waals surface area contributed by atoms with E-state index in [1.165, 1.54) is 12.8 Å². The van der Waals surface area contributed by atoms with E-state index < -0.39 is 0 Å². The molecular weight excluding hydrogens is 250 g/mol. The summed E-state index contributed by atoms with van der Waals surface area (Å²) in [7, 11) is 1.94. The highest BCUT2D eigenvalue weighted by Crippen LogP contribution is 2.35. The van der Waals surface area contributed by atoms with Gasteiger partial charge in [-0.15, -0.1) is 0 Å². The van der Waals surface area contributed by atoms with Crippen LogP contribution in [0, 0.1) is 17.8 Å². The smallest absolute Gasteiger partial charge is 0.338 e. The molecule has 3 heteroatoms. The summed E-state index contributed by atoms with van der Waals surface area (Å²) in [5.74, 6) is 1.52. The molecule has 0 aliphatic heterocycles. The van der Waals surface area contributed by atoms with Gasteiger partial charge in [-0.1, -0.05) is 27.2 Å². The molecule has 1 aliphatic carbocycles. The van der Waals surface area contributed by atoms with Crippen LogP contribution >= 0.6 is 0 Å². The van der Waals surface area contributed by atoms with Crippen LogP contribution in [0.2, 0.25) is 0 Å². The van der Waals surface area contributed by atoms with E-state index in [1.807, 2.05) is 36.1 Å². The Balaban J connectivity index is 2.05. The van der Waals surface area contributed by atoms with Gasteiger partial charge in [0, 0.05) is 12.1 Å². The van der Waals surface area contributed by atoms with Crippen LogP contribution in [0.25, 0.3) is 0 Å². The van der Waals surface area contributed by atoms with E-state index in [0.717, 1.165) is 6.42 Å². The first-order valence-corrected chi connectivity index (χ1v) is 7.63. The lowest BCUT2D eigenvalue weighted by Gasteiger charge is -2.36. The summed E-state index contributed by atoms with van der Waals surface area (Å²) in [5, 5.41) is 0. The molecule has 0 radical (unpaired) electrons. The first-order chi connectivity index (χ1) is 9.47. The van der Waals surface area contributed by atoms with Crippen molar-refractivity contribution in [2.45, 2.75) is 46.1 Å². The van der Waals surface area contributed by atoms with Crippen LogP contribution in [0.1, 0.15) is 50.4 Å². The summed E-state index contributed by atoms with van der Waals surface area (Å²) in [6.45, 7) is 6.70. The normalized spacial score (nSPS) is 26.6. The third-order valence-corrected chi connectivity index (χ3v) is 4.43. The quantitative estimate of drug-likeness (QED) is 0.627. The zero-order valence-corrected chi connectivity index (χ0v) is 13.0. The molecule has 0 spiro atoms. The van der Waals surface area contributed by atoms with Crippen molar-refractivity contribution >= 4 is 5.97 Å². The number of aromatic nitrogens is 1. The third-order valence-electron chi connectivity index (χ3n) is 4.43. The van der Waals surface area contributed by atoms with Gasteiger partial charge >= 0.3 is 5.97 Å². The summed E-state index contributed by atoms with van der Waals surface area (Å²) in [5.41, 5.74) is 0.642. The molecule has 3 atom stereocenters. The molecule has 110 valence electrons. The van der Waals surface area contributed by atoms with Crippen LogP contribution < -0.4 is 4.57 Å². The highest BCUT2D eigenvalue weighted by Gasteiger charge is 2.33. The Labute approximate surface area is 122 Å². The van der Waals surface area contributed by atoms with Crippen LogP contribution in [0.3, 0.4) is 0 Å². The SMILES string of the molecule is CC(C)[C@@H]1CC[C@H](C)C[C@H]1OC(=O)c1cc[n+](C)cc1. The van der Waals surface area contributed by atoms with Crippen molar-refractivity contribution in [2.24, 2.45) is 24.8 Å². The molecular formula is C17H26NO2+. The minimum atomic E-state index is -0.185. The lowest BCUT2D eigenvalue weighted by Crippen LogP contribution is -2.36. The fourth-order valence-corrected chi connectivity index (χ4v) is 3.09. The van der Waals surface area contributed by atoms with Gasteiger partial charge in [-0.05, 0) is 30.6 Å². The predicted octanol–water partition coefficient (Wildman–Crippen LogP) is 3.13. The van der Waals surface area contributed by atoms with E-state index in [4.69, 9.17) is 4.74 Å². The second kappa shape index (κ2) is 6.38. The van der Waals surface area contributed by atoms with E-state index in [-0.39, 0.29) is 12.1 Å². The number of aryl methyl sites for hydroxylation is 1. The highest BCUT2D eigenvalue weighted by molar-refractivity contribution is 5.89. The highest BCUT2D eigenvalue weighted by atomic mass is 16.5. The van der Waals surface area contributed by atoms with Gasteiger partial charge in [-0.3, -0.25) is 0 Å². The van der Waals surface area contributed by atoms with Gasteiger partial charge in [0.15, 0.2) is 12.4 Å². The molecule has 1 aromatic rings. The van der Waals surface area contributed by atoms with Gasteiger partial charge in [0.25, 0.3) is 0 Å². The number of hydrogen-bond acceptors (Lipinski definition) is 2. The molecule has 2 rings (SSSR count). The van der Waals surface area contributed by atoms with Crippen molar-refractivity contribution in [3.05, 3.63) is 30.1 Å². The number of esters is 1. The molecule has 20 heavy (non-hydrogen) atoms. The van der Waals surface area contributed by atoms with E-state index in [2.05, 4.69) is 20.8 Å². The molecule has 0 bridgehead atoms. The van der Waals surface area contributed by atoms with Crippen molar-refractivity contribution in [1.82, 2.24) is 0 Å². The van der Waals surface area contributed by atoms with Crippen LogP contribution in [-0.2, 0) is 11.8 Å². The Morgan fingerprint density at radius 2 is 1.95 bits per heavy atom. The second-order valence-electron chi connectivity index (χ2n) is 6.52. The Morgan fingerprint density at radius 3 is 2.55 bits per heavy atom. The minimum Gasteiger partial charge on any atom is -0.458 e. The molecule has 0 unspecified atom stereocenters. The predicted molar refractivity (Wildman–Crippen MR) is 78.2 cm³/mol. The fourth-order valence-electron chi connectivity index (χ4n) is 3.09. The first-order valence-electron chi connectivity index (χ1n) is 7.63. The van der Waals surface area contributed by atoms with Crippen molar-refractivity contribution in [3.63, 3.8) is 0 Å². The number of carbonyl (C=O) groups is 1. The van der Waals surface area contributed by atoms with Gasteiger partial charge in [-0.2, -0.15) is 0 Å². The summed E-state index contributed by atoms with van der Waals surface area (Å²) in [4.78, 5) is 12.3. The molecule has 1 aliphatic rings. The molecule has 0 N–H and O–H groups in total. The lowest BCUT2D eigenvalue weighted by atomic mass is 9.75. The number of nitrogens with zero attached hydrogens (tertiary/aromatic N) is 1. The fraction of sp³-hybridized carbons (Fsp3) is 0.647. The summed E-state index contributed by atoms with van der Waals surface area (Å²) >= 11 is 0. The number of hydrogen-bond donors (Lipinski definition) is 0. The van der Waals surface area contributed by atoms with Crippen molar-refractivity contribution in [1.29, 1.82) is 0 Å². The van der Waals surface area contributed by atoms with E-state index >= 15 is 0 Å². The topological polar surface area (TPSA) is 30.2 Å². The Bertz CT molecular complexity index is 453. The maximum Gasteiger partial charge on any atom is 0.338 e. The van der Waals surface area contributed by atoms with Crippen LogP contribution in [0.15, 0.2) is 24.5 Å². The van der Waals surface area contributed by atoms with Crippen LogP contribution in [0.4, 0.5) is 0 Å². The van der Waals surface area contributed by atoms with E-state index in [1.54, 1.807) is 0 Å². The van der Waals surface area contributed by atoms with Crippen molar-refractivity contribution in [3.8, 4) is 0 Å². The Kier molecular flexibility index (Phi) is 4.79. The van der Waals surface area contributed by atoms with Gasteiger partial charge in [0.1, 0.15) is 13.2 Å². The monoisotopic (exact) mass is 276 g/mol. The lowest BCUT2D eigenvalue weighted by molar-refractivity contribution is -0.671. The molecule has 0 saturated heterocycles. The van der Waals surface area contributed by atoms with E-state index in [0.29, 0.717) is 23.3 Å². The standard InChI is InChI=1S/C17H26NO2/c1-12(2)15-6-5-13(3)11-16(15)20-17(19)14-7-9-18(4)10-8-14/h7-10,12-13,15-16H,5-6,11H2,1-4H3/q+1/t13-,15-,16+/m0/s1. The molecule has 1 saturated carbocycles. The molecule has 1 heterocycles. The largest absolute Gasteiger partial charge is 0.458 e. The van der Waals surface area contributed by atoms with Gasteiger partial charge < -0.3 is 4.74 Å². The van der Waals surface area contributed by atoms with Gasteiger partial charge in [0.2, 0.25) is 0 Å². The van der Waals surface area contributed by atoms with Gasteiger partial charge in [-0.25, -0.2) is 9.36 Å². The average molecular weight is 276 g/mol. The van der Waals surface area contributed by atoms with Crippen LogP contribution in [-0.4, -0.2) is 12.1 Å². The number of pyridine rings is 1. The Morgan fingerprint density at radius 1 is 1.30 bits per heavy atom. The third kappa shape index (κ3) is 3.59. The maximum atomic E-state index is 12.3. The molecule has 1 fully saturated rings. The van der Waals surface area contributed by atoms with Gasteiger partial charge in [0.05, 0.1) is 5.56 Å². The molecule has 0 aromatic carbocycles. The maximum absolute atomic E-state index is 12.3. The summed E-state index contributed by atoms with van der Waals surface area (Å²) in [6, 6.07) is 3.64. The van der Waals surface area contributed by atoms with Crippen molar-refractivity contribution in [2.75, 3.05) is 0 Å². The summed E-state index contributed by atoms with van der Waals surface area (Å²) in [6.07, 6.45) is 7.23. The number of carbonyl (C=O) groups excluding carboxylic acids is 1. The van der Waals surface area contributed by atoms with E-state index in [9.17, 15) is 4.79 Å². The number of rotatable bonds is 3. The zero-order chi connectivity index (χ0) is 14.7. The molecule has 1 aromatic heterocycles. The molecule has 0 amide bonds. The first kappa shape index (κ1) is 15.0. The average Bonchev–Trinajstić information content (AvgIpc) is 2.39. The molecule has 3 nitrogen and oxygen atoms in total. The Hall–Kier alpha value is -1.38. The zero-order valence-electron chi connectivity index (χ0n) is 13.0. The van der Waals surface area contributed by atoms with Crippen LogP contribution in [0.5, 0.6) is 0 Å².